The molecule has 1 unspecified atom stereocenters. The van der Waals surface area contributed by atoms with Crippen LogP contribution in [-0.4, -0.2) is 15.9 Å². The van der Waals surface area contributed by atoms with Gasteiger partial charge in [0.15, 0.2) is 0 Å². The van der Waals surface area contributed by atoms with E-state index in [9.17, 15) is 8.76 Å². The van der Waals surface area contributed by atoms with E-state index in [1.54, 1.807) is 26.2 Å². The van der Waals surface area contributed by atoms with Crippen molar-refractivity contribution in [2.24, 2.45) is 0 Å². The van der Waals surface area contributed by atoms with Gasteiger partial charge in [0.2, 0.25) is 0 Å². The first kappa shape index (κ1) is 15.1. The van der Waals surface area contributed by atoms with Gasteiger partial charge in [0.05, 0.1) is 7.11 Å². The van der Waals surface area contributed by atoms with Gasteiger partial charge in [0, 0.05) is 4.90 Å². The molecule has 1 rings (SSSR count). The van der Waals surface area contributed by atoms with Gasteiger partial charge in [0.25, 0.3) is 0 Å². The first-order valence-electron chi connectivity index (χ1n) is 4.37. The van der Waals surface area contributed by atoms with Gasteiger partial charge in [-0.1, -0.05) is 6.92 Å². The molecule has 3 nitrogen and oxygen atoms in total. The maximum Gasteiger partial charge on any atom is 1.00 e. The first-order valence-corrected chi connectivity index (χ1v) is 5.44. The largest absolute Gasteiger partial charge is 1.00 e. The minimum Gasteiger partial charge on any atom is -0.768 e. The Morgan fingerprint density at radius 1 is 1.47 bits per heavy atom. The molecule has 0 aliphatic carbocycles. The number of benzene rings is 1. The van der Waals surface area contributed by atoms with Crippen LogP contribution in [0.4, 0.5) is 0 Å². The molecule has 5 heteroatoms. The molecule has 0 radical (unpaired) electrons. The van der Waals surface area contributed by atoms with Gasteiger partial charge in [-0.05, 0) is 47.7 Å². The molecule has 15 heavy (non-hydrogen) atoms. The molecule has 0 amide bonds. The minimum atomic E-state index is -2.17. The molecule has 0 heterocycles. The number of methoxy groups -OCH3 is 1. The predicted molar refractivity (Wildman–Crippen MR) is 54.3 cm³/mol. The maximum absolute atomic E-state index is 10.8. The van der Waals surface area contributed by atoms with Gasteiger partial charge in [-0.2, -0.15) is 0 Å². The van der Waals surface area contributed by atoms with Gasteiger partial charge >= 0.3 is 29.6 Å². The second kappa shape index (κ2) is 6.66. The van der Waals surface area contributed by atoms with Crippen molar-refractivity contribution >= 4 is 11.1 Å². The molecular formula is C10H13NaO3S. The van der Waals surface area contributed by atoms with Crippen LogP contribution in [0.5, 0.6) is 5.75 Å². The van der Waals surface area contributed by atoms with Gasteiger partial charge in [0.1, 0.15) is 5.75 Å². The number of hydrogen-bond donors (Lipinski definition) is 0. The van der Waals surface area contributed by atoms with E-state index in [2.05, 4.69) is 0 Å². The zero-order chi connectivity index (χ0) is 10.7. The standard InChI is InChI=1S/C10H14O3S.Na/c1-4-8-6-10(14(11)12)7(2)5-9(8)13-3;/h5-6H,4H2,1-3H3,(H,11,12);/q;+1/p-1. The monoisotopic (exact) mass is 236 g/mol. The Balaban J connectivity index is 0.00000196. The summed E-state index contributed by atoms with van der Waals surface area (Å²) in [6.45, 7) is 3.72. The summed E-state index contributed by atoms with van der Waals surface area (Å²) in [5.74, 6) is 0.749. The van der Waals surface area contributed by atoms with Crippen LogP contribution in [0.2, 0.25) is 0 Å². The van der Waals surface area contributed by atoms with Crippen molar-refractivity contribution in [2.45, 2.75) is 25.2 Å². The molecule has 0 aromatic heterocycles. The van der Waals surface area contributed by atoms with Crippen LogP contribution in [0.25, 0.3) is 0 Å². The zero-order valence-corrected chi connectivity index (χ0v) is 12.3. The molecule has 0 fully saturated rings. The fraction of sp³-hybridized carbons (Fsp3) is 0.400. The number of rotatable bonds is 3. The third-order valence-electron chi connectivity index (χ3n) is 2.14. The molecule has 0 bridgehead atoms. The van der Waals surface area contributed by atoms with Crippen molar-refractivity contribution in [3.05, 3.63) is 23.3 Å². The molecule has 1 atom stereocenters. The Bertz CT molecular complexity index is 366. The van der Waals surface area contributed by atoms with Crippen LogP contribution in [0.15, 0.2) is 17.0 Å². The zero-order valence-electron chi connectivity index (χ0n) is 9.49. The molecule has 1 aromatic carbocycles. The molecule has 0 spiro atoms. The van der Waals surface area contributed by atoms with Crippen molar-refractivity contribution in [3.8, 4) is 5.75 Å². The molecule has 0 saturated heterocycles. The van der Waals surface area contributed by atoms with E-state index < -0.39 is 11.1 Å². The van der Waals surface area contributed by atoms with Crippen molar-refractivity contribution in [1.29, 1.82) is 0 Å². The average Bonchev–Trinajstić information content (AvgIpc) is 2.16. The summed E-state index contributed by atoms with van der Waals surface area (Å²) >= 11 is -2.17. The minimum absolute atomic E-state index is 0. The number of aryl methyl sites for hydroxylation is 2. The Morgan fingerprint density at radius 3 is 2.47 bits per heavy atom. The van der Waals surface area contributed by atoms with Gasteiger partial charge < -0.3 is 9.29 Å². The Labute approximate surface area is 115 Å². The third-order valence-corrected chi connectivity index (χ3v) is 2.94. The molecule has 0 aliphatic heterocycles. The van der Waals surface area contributed by atoms with Gasteiger partial charge in [-0.15, -0.1) is 0 Å². The van der Waals surface area contributed by atoms with Gasteiger partial charge in [-0.3, -0.25) is 4.21 Å². The second-order valence-electron chi connectivity index (χ2n) is 3.02. The molecular weight excluding hydrogens is 223 g/mol. The summed E-state index contributed by atoms with van der Waals surface area (Å²) in [5.41, 5.74) is 1.63. The summed E-state index contributed by atoms with van der Waals surface area (Å²) in [7, 11) is 1.59. The second-order valence-corrected chi connectivity index (χ2v) is 3.93. The smallest absolute Gasteiger partial charge is 0.768 e. The van der Waals surface area contributed by atoms with E-state index in [1.165, 1.54) is 0 Å². The van der Waals surface area contributed by atoms with Crippen molar-refractivity contribution < 1.29 is 43.1 Å². The summed E-state index contributed by atoms with van der Waals surface area (Å²) < 4.78 is 26.8. The molecule has 0 N–H and O–H groups in total. The van der Waals surface area contributed by atoms with E-state index in [0.29, 0.717) is 10.5 Å². The SMILES string of the molecule is CCc1cc(S(=O)[O-])c(C)cc1OC.[Na+]. The Kier molecular flexibility index (Phi) is 6.71. The molecule has 0 aliphatic rings. The van der Waals surface area contributed by atoms with Crippen molar-refractivity contribution in [3.63, 3.8) is 0 Å². The van der Waals surface area contributed by atoms with Crippen LogP contribution in [0, 0.1) is 6.92 Å². The molecule has 0 saturated carbocycles. The van der Waals surface area contributed by atoms with Crippen LogP contribution in [0.3, 0.4) is 0 Å². The summed E-state index contributed by atoms with van der Waals surface area (Å²) in [6, 6.07) is 3.42. The van der Waals surface area contributed by atoms with Crippen LogP contribution >= 0.6 is 0 Å². The van der Waals surface area contributed by atoms with E-state index in [1.807, 2.05) is 6.92 Å². The van der Waals surface area contributed by atoms with E-state index >= 15 is 0 Å². The Morgan fingerprint density at radius 2 is 2.07 bits per heavy atom. The maximum atomic E-state index is 10.8. The number of ether oxygens (including phenoxy) is 1. The average molecular weight is 236 g/mol. The summed E-state index contributed by atoms with van der Waals surface area (Å²) in [4.78, 5) is 0.350. The van der Waals surface area contributed by atoms with E-state index in [0.717, 1.165) is 17.7 Å². The topological polar surface area (TPSA) is 49.4 Å². The van der Waals surface area contributed by atoms with Crippen molar-refractivity contribution in [1.82, 2.24) is 0 Å². The molecule has 78 valence electrons. The fourth-order valence-corrected chi connectivity index (χ4v) is 1.91. The van der Waals surface area contributed by atoms with Crippen LogP contribution in [-0.2, 0) is 17.5 Å². The quantitative estimate of drug-likeness (QED) is 0.490. The van der Waals surface area contributed by atoms with Crippen molar-refractivity contribution in [2.75, 3.05) is 7.11 Å². The fourth-order valence-electron chi connectivity index (χ4n) is 1.35. The van der Waals surface area contributed by atoms with E-state index in [-0.39, 0.29) is 29.6 Å². The van der Waals surface area contributed by atoms with Crippen LogP contribution in [0.1, 0.15) is 18.1 Å². The Hall–Kier alpha value is 0.130. The summed E-state index contributed by atoms with van der Waals surface area (Å²) in [5, 5.41) is 0. The third kappa shape index (κ3) is 3.57. The predicted octanol–water partition coefficient (Wildman–Crippen LogP) is -1.19. The normalized spacial score (nSPS) is 11.7. The first-order chi connectivity index (χ1) is 6.60. The van der Waals surface area contributed by atoms with E-state index in [4.69, 9.17) is 4.74 Å². The van der Waals surface area contributed by atoms with Gasteiger partial charge in [-0.25, -0.2) is 0 Å². The number of hydrogen-bond acceptors (Lipinski definition) is 3. The summed E-state index contributed by atoms with van der Waals surface area (Å²) in [6.07, 6.45) is 0.758. The molecule has 1 aromatic rings. The van der Waals surface area contributed by atoms with Crippen LogP contribution < -0.4 is 34.3 Å².